The van der Waals surface area contributed by atoms with E-state index in [9.17, 15) is 35.4 Å². The third-order valence-electron chi connectivity index (χ3n) is 11.3. The maximum absolute atomic E-state index is 13.9. The van der Waals surface area contributed by atoms with E-state index >= 15 is 0 Å². The maximum Gasteiger partial charge on any atom is 0.226 e. The van der Waals surface area contributed by atoms with Crippen LogP contribution in [-0.2, 0) is 14.3 Å². The topological polar surface area (TPSA) is 169 Å². The summed E-state index contributed by atoms with van der Waals surface area (Å²) in [7, 11) is 0. The molecular weight excluding hydrogens is 578 g/mol. The van der Waals surface area contributed by atoms with Crippen LogP contribution in [0.4, 0.5) is 0 Å². The van der Waals surface area contributed by atoms with Crippen molar-refractivity contribution in [1.29, 1.82) is 0 Å². The van der Waals surface area contributed by atoms with Gasteiger partial charge in [-0.15, -0.1) is 0 Å². The first-order valence-electron chi connectivity index (χ1n) is 18.3. The molecule has 262 valence electrons. The summed E-state index contributed by atoms with van der Waals surface area (Å²) in [4.78, 5) is 13.9. The van der Waals surface area contributed by atoms with Gasteiger partial charge in [-0.1, -0.05) is 84.0 Å². The van der Waals surface area contributed by atoms with Crippen LogP contribution in [0.5, 0.6) is 0 Å². The van der Waals surface area contributed by atoms with E-state index in [1.807, 2.05) is 0 Å². The Balaban J connectivity index is 1.27. The van der Waals surface area contributed by atoms with Crippen molar-refractivity contribution in [3.8, 4) is 0 Å². The molecule has 45 heavy (non-hydrogen) atoms. The van der Waals surface area contributed by atoms with Crippen LogP contribution in [0, 0.1) is 23.2 Å². The van der Waals surface area contributed by atoms with Gasteiger partial charge in [-0.05, 0) is 62.7 Å². The average Bonchev–Trinajstić information content (AvgIpc) is 3.02. The molecule has 5 fully saturated rings. The van der Waals surface area contributed by atoms with Crippen molar-refractivity contribution in [1.82, 2.24) is 5.32 Å². The van der Waals surface area contributed by atoms with Crippen molar-refractivity contribution in [2.75, 3.05) is 13.2 Å². The molecule has 4 saturated carbocycles. The molecule has 0 spiro atoms. The first-order chi connectivity index (χ1) is 21.7. The van der Waals surface area contributed by atoms with Crippen LogP contribution in [0.3, 0.4) is 0 Å². The lowest BCUT2D eigenvalue weighted by Gasteiger charge is -2.56. The molecule has 5 aliphatic rings. The number of hydrogen-bond acceptors (Lipinski definition) is 9. The predicted molar refractivity (Wildman–Crippen MR) is 170 cm³/mol. The lowest BCUT2D eigenvalue weighted by molar-refractivity contribution is -0.303. The Morgan fingerprint density at radius 1 is 0.800 bits per heavy atom. The molecule has 1 aliphatic heterocycles. The summed E-state index contributed by atoms with van der Waals surface area (Å²) in [5.74, 6) is 1.58. The fourth-order valence-electron chi connectivity index (χ4n) is 8.97. The van der Waals surface area contributed by atoms with Crippen LogP contribution < -0.4 is 5.32 Å². The van der Waals surface area contributed by atoms with Crippen molar-refractivity contribution in [3.63, 3.8) is 0 Å². The normalized spacial score (nSPS) is 36.2. The van der Waals surface area contributed by atoms with Crippen molar-refractivity contribution in [2.24, 2.45) is 23.2 Å². The standard InChI is InChI=1S/C35H63NO9/c1-2-3-4-5-6-7-8-9-10-11-12-13-14-27(38)29(39)26(22-44-33-32(42)31(41)30(40)28(21-37)45-33)36-34(43)35-18-23-15-24(19-35)17-25(16-23)20-35/h23-33,37-42H,2-22H2,1H3,(H,36,43)/t23?,24?,25?,26-,27+,28+,29-,30-,31-,32+,33-,35?/m0/s1. The van der Waals surface area contributed by atoms with E-state index in [-0.39, 0.29) is 12.5 Å². The number of nitrogens with one attached hydrogen (secondary N) is 1. The molecule has 0 aromatic heterocycles. The molecule has 10 nitrogen and oxygen atoms in total. The molecule has 4 bridgehead atoms. The zero-order chi connectivity index (χ0) is 32.4. The minimum absolute atomic E-state index is 0.111. The van der Waals surface area contributed by atoms with E-state index in [2.05, 4.69) is 12.2 Å². The van der Waals surface area contributed by atoms with E-state index in [1.54, 1.807) is 0 Å². The van der Waals surface area contributed by atoms with Crippen LogP contribution in [0.15, 0.2) is 0 Å². The lowest BCUT2D eigenvalue weighted by Crippen LogP contribution is -2.61. The molecule has 8 atom stereocenters. The van der Waals surface area contributed by atoms with Crippen LogP contribution in [-0.4, -0.2) is 98.7 Å². The molecule has 1 amide bonds. The highest BCUT2D eigenvalue weighted by atomic mass is 16.7. The Morgan fingerprint density at radius 2 is 1.31 bits per heavy atom. The highest BCUT2D eigenvalue weighted by Gasteiger charge is 2.55. The summed E-state index contributed by atoms with van der Waals surface area (Å²) in [6.45, 7) is 1.37. The van der Waals surface area contributed by atoms with Gasteiger partial charge >= 0.3 is 0 Å². The van der Waals surface area contributed by atoms with Gasteiger partial charge in [0.05, 0.1) is 25.4 Å². The summed E-state index contributed by atoms with van der Waals surface area (Å²) in [6, 6.07) is -0.967. The van der Waals surface area contributed by atoms with Gasteiger partial charge in [-0.2, -0.15) is 0 Å². The van der Waals surface area contributed by atoms with Crippen LogP contribution in [0.2, 0.25) is 0 Å². The molecule has 7 N–H and O–H groups in total. The van der Waals surface area contributed by atoms with E-state index in [4.69, 9.17) is 9.47 Å². The monoisotopic (exact) mass is 641 g/mol. The first-order valence-corrected chi connectivity index (χ1v) is 18.3. The van der Waals surface area contributed by atoms with Crippen molar-refractivity contribution >= 4 is 5.91 Å². The third kappa shape index (κ3) is 10.1. The van der Waals surface area contributed by atoms with Crippen molar-refractivity contribution < 1.29 is 44.9 Å². The molecule has 1 saturated heterocycles. The number of aliphatic hydroxyl groups excluding tert-OH is 6. The Labute approximate surface area is 270 Å². The quantitative estimate of drug-likeness (QED) is 0.0930. The molecule has 0 aromatic carbocycles. The van der Waals surface area contributed by atoms with Gasteiger partial charge in [0.15, 0.2) is 6.29 Å². The summed E-state index contributed by atoms with van der Waals surface area (Å²) < 4.78 is 11.3. The summed E-state index contributed by atoms with van der Waals surface area (Å²) in [5, 5.41) is 65.6. The predicted octanol–water partition coefficient (Wildman–Crippen LogP) is 3.32. The highest BCUT2D eigenvalue weighted by Crippen LogP contribution is 2.60. The maximum atomic E-state index is 13.9. The lowest BCUT2D eigenvalue weighted by atomic mass is 9.49. The first kappa shape index (κ1) is 37.0. The largest absolute Gasteiger partial charge is 0.394 e. The number of hydrogen-bond donors (Lipinski definition) is 7. The number of carbonyl (C=O) groups is 1. The molecule has 1 heterocycles. The smallest absolute Gasteiger partial charge is 0.226 e. The van der Waals surface area contributed by atoms with Gasteiger partial charge in [0.25, 0.3) is 0 Å². The summed E-state index contributed by atoms with van der Waals surface area (Å²) in [6.07, 6.45) is 11.3. The molecule has 0 radical (unpaired) electrons. The van der Waals surface area contributed by atoms with Gasteiger partial charge in [0, 0.05) is 5.41 Å². The zero-order valence-electron chi connectivity index (χ0n) is 27.6. The second kappa shape index (κ2) is 18.1. The molecule has 5 rings (SSSR count). The SMILES string of the molecule is CCCCCCCCCCCCCC[C@@H](O)[C@@H](O)[C@H](CO[C@H]1O[C@H](CO)[C@H](O)[C@H](O)[C@H]1O)NC(=O)C12CC3CC(CC(C3)C1)C2. The average molecular weight is 642 g/mol. The van der Waals surface area contributed by atoms with Crippen LogP contribution in [0.1, 0.15) is 129 Å². The Kier molecular flexibility index (Phi) is 14.8. The Bertz CT molecular complexity index is 837. The van der Waals surface area contributed by atoms with Gasteiger partial charge < -0.3 is 45.4 Å². The Morgan fingerprint density at radius 3 is 1.82 bits per heavy atom. The summed E-state index contributed by atoms with van der Waals surface area (Å²) in [5.41, 5.74) is -0.462. The van der Waals surface area contributed by atoms with Gasteiger partial charge in [0.2, 0.25) is 5.91 Å². The van der Waals surface area contributed by atoms with Crippen LogP contribution in [0.25, 0.3) is 0 Å². The minimum Gasteiger partial charge on any atom is -0.394 e. The molecular formula is C35H63NO9. The molecule has 0 aromatic rings. The number of ether oxygens (including phenoxy) is 2. The third-order valence-corrected chi connectivity index (χ3v) is 11.3. The fraction of sp³-hybridized carbons (Fsp3) is 0.971. The van der Waals surface area contributed by atoms with E-state index < -0.39 is 61.0 Å². The molecule has 0 unspecified atom stereocenters. The number of carbonyl (C=O) groups excluding carboxylic acids is 1. The van der Waals surface area contributed by atoms with E-state index in [0.717, 1.165) is 38.5 Å². The second-order valence-corrected chi connectivity index (χ2v) is 15.0. The fourth-order valence-corrected chi connectivity index (χ4v) is 8.97. The second-order valence-electron chi connectivity index (χ2n) is 15.0. The van der Waals surface area contributed by atoms with Gasteiger partial charge in [-0.3, -0.25) is 4.79 Å². The van der Waals surface area contributed by atoms with Crippen molar-refractivity contribution in [2.45, 2.75) is 178 Å². The number of aliphatic hydroxyl groups is 6. The summed E-state index contributed by atoms with van der Waals surface area (Å²) >= 11 is 0. The van der Waals surface area contributed by atoms with Crippen LogP contribution >= 0.6 is 0 Å². The molecule has 10 heteroatoms. The highest BCUT2D eigenvalue weighted by molar-refractivity contribution is 5.83. The Hall–Kier alpha value is -0.850. The minimum atomic E-state index is -1.60. The number of amides is 1. The zero-order valence-corrected chi connectivity index (χ0v) is 27.6. The van der Waals surface area contributed by atoms with E-state index in [0.29, 0.717) is 24.2 Å². The van der Waals surface area contributed by atoms with E-state index in [1.165, 1.54) is 77.0 Å². The molecule has 4 aliphatic carbocycles. The van der Waals surface area contributed by atoms with Crippen molar-refractivity contribution in [3.05, 3.63) is 0 Å². The number of unbranched alkanes of at least 4 members (excludes halogenated alkanes) is 11. The number of rotatable bonds is 21. The van der Waals surface area contributed by atoms with Gasteiger partial charge in [0.1, 0.15) is 30.5 Å². The van der Waals surface area contributed by atoms with Gasteiger partial charge in [-0.25, -0.2) is 0 Å².